The number of methoxy groups -OCH3 is 2. The topological polar surface area (TPSA) is 172 Å². The molecule has 1 amide bonds. The summed E-state index contributed by atoms with van der Waals surface area (Å²) in [5.41, 5.74) is 6.53. The number of hydrazine groups is 1. The van der Waals surface area contributed by atoms with Crippen molar-refractivity contribution in [3.05, 3.63) is 71.4 Å². The van der Waals surface area contributed by atoms with E-state index < -0.39 is 33.2 Å². The summed E-state index contributed by atoms with van der Waals surface area (Å²) in [4.78, 5) is 17.9. The molecule has 12 nitrogen and oxygen atoms in total. The van der Waals surface area contributed by atoms with Crippen molar-refractivity contribution in [1.82, 2.24) is 9.40 Å². The number of aliphatic hydroxyl groups is 1. The quantitative estimate of drug-likeness (QED) is 0.224. The molecule has 0 unspecified atom stereocenters. The van der Waals surface area contributed by atoms with Crippen LogP contribution in [0.4, 0.5) is 5.69 Å². The van der Waals surface area contributed by atoms with Gasteiger partial charge in [-0.15, -0.1) is 4.41 Å². The molecule has 4 N–H and O–H groups in total. The number of sulfonamides is 1. The van der Waals surface area contributed by atoms with Crippen LogP contribution in [-0.4, -0.2) is 54.3 Å². The monoisotopic (exact) mass is 531 g/mol. The molecule has 0 fully saturated rings. The number of para-hydroxylation sites is 1. The fourth-order valence-corrected chi connectivity index (χ4v) is 4.98. The van der Waals surface area contributed by atoms with E-state index in [9.17, 15) is 18.3 Å². The predicted octanol–water partition coefficient (Wildman–Crippen LogP) is 2.52. The van der Waals surface area contributed by atoms with E-state index in [0.717, 1.165) is 5.56 Å². The number of pyridine rings is 1. The summed E-state index contributed by atoms with van der Waals surface area (Å²) < 4.78 is 44.4. The third-order valence-corrected chi connectivity index (χ3v) is 7.58. The van der Waals surface area contributed by atoms with Crippen molar-refractivity contribution >= 4 is 27.6 Å². The van der Waals surface area contributed by atoms with Crippen molar-refractivity contribution in [3.8, 4) is 11.5 Å². The molecule has 0 bridgehead atoms. The Morgan fingerprint density at radius 2 is 1.73 bits per heavy atom. The summed E-state index contributed by atoms with van der Waals surface area (Å²) in [6.07, 6.45) is -0.134. The molecule has 0 saturated carbocycles. The maximum Gasteiger partial charge on any atom is 0.314 e. The Morgan fingerprint density at radius 3 is 2.19 bits per heavy atom. The highest BCUT2D eigenvalue weighted by Crippen LogP contribution is 2.41. The Bertz CT molecular complexity index is 1370. The van der Waals surface area contributed by atoms with Gasteiger partial charge in [-0.1, -0.05) is 12.1 Å². The number of benzene rings is 1. The number of anilines is 1. The fourth-order valence-electron chi connectivity index (χ4n) is 3.54. The molecule has 0 aliphatic heterocycles. The van der Waals surface area contributed by atoms with Crippen LogP contribution in [-0.2, 0) is 10.0 Å². The van der Waals surface area contributed by atoms with Crippen LogP contribution in [0.2, 0.25) is 0 Å². The van der Waals surface area contributed by atoms with Crippen molar-refractivity contribution in [1.29, 1.82) is 5.41 Å². The van der Waals surface area contributed by atoms with Gasteiger partial charge in [0.25, 0.3) is 10.0 Å². The molecule has 2 aromatic heterocycles. The highest BCUT2D eigenvalue weighted by atomic mass is 32.2. The molecule has 2 atom stereocenters. The zero-order valence-electron chi connectivity index (χ0n) is 21.0. The normalized spacial score (nSPS) is 12.9. The predicted molar refractivity (Wildman–Crippen MR) is 136 cm³/mol. The minimum atomic E-state index is -4.76. The summed E-state index contributed by atoms with van der Waals surface area (Å²) in [5.74, 6) is -1.76. The van der Waals surface area contributed by atoms with Crippen LogP contribution >= 0.6 is 0 Å². The van der Waals surface area contributed by atoms with Crippen LogP contribution < -0.4 is 20.2 Å². The molecule has 3 aromatic rings. The van der Waals surface area contributed by atoms with Gasteiger partial charge in [0.15, 0.2) is 11.4 Å². The molecule has 0 radical (unpaired) electrons. The first-order chi connectivity index (χ1) is 17.4. The Morgan fingerprint density at radius 1 is 1.11 bits per heavy atom. The Balaban J connectivity index is 2.24. The Labute approximate surface area is 214 Å². The number of furan rings is 1. The third-order valence-electron chi connectivity index (χ3n) is 5.54. The van der Waals surface area contributed by atoms with E-state index >= 15 is 0 Å². The van der Waals surface area contributed by atoms with E-state index in [0.29, 0.717) is 10.8 Å². The third kappa shape index (κ3) is 5.37. The second-order valence-electron chi connectivity index (χ2n) is 8.12. The minimum Gasteiger partial charge on any atom is -0.494 e. The van der Waals surface area contributed by atoms with Gasteiger partial charge in [0.05, 0.1) is 19.9 Å². The molecule has 13 heteroatoms. The first-order valence-corrected chi connectivity index (χ1v) is 12.5. The van der Waals surface area contributed by atoms with E-state index in [1.807, 2.05) is 0 Å². The Kier molecular flexibility index (Phi) is 8.09. The van der Waals surface area contributed by atoms with Gasteiger partial charge in [0.1, 0.15) is 28.6 Å². The highest BCUT2D eigenvalue weighted by Gasteiger charge is 2.44. The molecule has 37 heavy (non-hydrogen) atoms. The molecule has 3 rings (SSSR count). The summed E-state index contributed by atoms with van der Waals surface area (Å²) >= 11 is 0. The zero-order valence-corrected chi connectivity index (χ0v) is 21.8. The molecule has 2 heterocycles. The number of nitrogens with two attached hydrogens (primary N) is 1. The number of aryl methyl sites for hydroxylation is 2. The molecular weight excluding hydrogens is 502 g/mol. The number of guanidine groups is 1. The number of nitrogens with one attached hydrogen (secondary N) is 1. The van der Waals surface area contributed by atoms with Crippen LogP contribution in [0, 0.1) is 19.3 Å². The van der Waals surface area contributed by atoms with Crippen LogP contribution in [0.3, 0.4) is 0 Å². The van der Waals surface area contributed by atoms with E-state index in [-0.39, 0.29) is 33.1 Å². The average Bonchev–Trinajstić information content (AvgIpc) is 3.31. The lowest BCUT2D eigenvalue weighted by Gasteiger charge is -2.36. The molecule has 0 saturated heterocycles. The number of rotatable bonds is 8. The average molecular weight is 532 g/mol. The van der Waals surface area contributed by atoms with Gasteiger partial charge in [0, 0.05) is 6.20 Å². The summed E-state index contributed by atoms with van der Waals surface area (Å²) in [6.45, 7) is 4.62. The molecule has 198 valence electrons. The van der Waals surface area contributed by atoms with Gasteiger partial charge in [-0.2, -0.15) is 5.01 Å². The van der Waals surface area contributed by atoms with Crippen molar-refractivity contribution < 1.29 is 32.2 Å². The number of ether oxygens (including phenoxy) is 2. The van der Waals surface area contributed by atoms with Gasteiger partial charge in [-0.05, 0) is 56.7 Å². The lowest BCUT2D eigenvalue weighted by Crippen LogP contribution is -2.58. The molecule has 0 spiro atoms. The first kappa shape index (κ1) is 27.5. The maximum absolute atomic E-state index is 13.9. The van der Waals surface area contributed by atoms with Gasteiger partial charge in [-0.25, -0.2) is 8.42 Å². The van der Waals surface area contributed by atoms with E-state index in [1.54, 1.807) is 26.0 Å². The Hall–Kier alpha value is -4.10. The molecule has 1 aromatic carbocycles. The van der Waals surface area contributed by atoms with Gasteiger partial charge < -0.3 is 24.7 Å². The first-order valence-electron chi connectivity index (χ1n) is 11.0. The largest absolute Gasteiger partial charge is 0.494 e. The molecule has 0 aliphatic carbocycles. The van der Waals surface area contributed by atoms with E-state index in [1.165, 1.54) is 57.7 Å². The standard InChI is InChI=1S/C24H29N5O7S/c1-14-9-11-17(27-13-14)22(30)16(3)37(32,33)29(24(25)26)28(23(31)20-12-10-15(2)36-20)21-18(34-4)7-6-8-19(21)35-5/h6-13,16,22,30H,1-5H3,(H3,25,26)/t16-,22+/m1/s1. The van der Waals surface area contributed by atoms with Crippen molar-refractivity contribution in [3.63, 3.8) is 0 Å². The maximum atomic E-state index is 13.9. The second kappa shape index (κ2) is 10.9. The van der Waals surface area contributed by atoms with Gasteiger partial charge >= 0.3 is 5.91 Å². The van der Waals surface area contributed by atoms with Crippen LogP contribution in [0.25, 0.3) is 0 Å². The number of hydrogen-bond donors (Lipinski definition) is 3. The van der Waals surface area contributed by atoms with E-state index in [2.05, 4.69) is 4.98 Å². The number of carbonyl (C=O) groups is 1. The number of aromatic nitrogens is 1. The van der Waals surface area contributed by atoms with Crippen molar-refractivity contribution in [2.24, 2.45) is 5.73 Å². The van der Waals surface area contributed by atoms with Crippen molar-refractivity contribution in [2.45, 2.75) is 32.1 Å². The van der Waals surface area contributed by atoms with Crippen LogP contribution in [0.5, 0.6) is 11.5 Å². The SMILES string of the molecule is COc1cccc(OC)c1N(C(=O)c1ccc(C)o1)N(C(=N)N)S(=O)(=O)[C@H](C)[C@H](O)c1ccc(C)cn1. The van der Waals surface area contributed by atoms with Crippen LogP contribution in [0.1, 0.15) is 40.6 Å². The van der Waals surface area contributed by atoms with Crippen molar-refractivity contribution in [2.75, 3.05) is 19.2 Å². The summed E-state index contributed by atoms with van der Waals surface area (Å²) in [6, 6.07) is 10.6. The smallest absolute Gasteiger partial charge is 0.314 e. The number of carbonyl (C=O) groups excluding carboxylic acids is 1. The van der Waals surface area contributed by atoms with Crippen LogP contribution in [0.15, 0.2) is 53.1 Å². The number of nitrogens with zero attached hydrogens (tertiary/aromatic N) is 3. The minimum absolute atomic E-state index is 0.0471. The van der Waals surface area contributed by atoms with E-state index in [4.69, 9.17) is 25.0 Å². The number of amides is 1. The fraction of sp³-hybridized carbons (Fsp3) is 0.292. The molecular formula is C24H29N5O7S. The zero-order chi connectivity index (χ0) is 27.5. The summed E-state index contributed by atoms with van der Waals surface area (Å²) in [5, 5.41) is 18.1. The lowest BCUT2D eigenvalue weighted by molar-refractivity contribution is 0.0927. The number of aliphatic hydroxyl groups excluding tert-OH is 1. The lowest BCUT2D eigenvalue weighted by atomic mass is 10.1. The summed E-state index contributed by atoms with van der Waals surface area (Å²) in [7, 11) is -2.12. The second-order valence-corrected chi connectivity index (χ2v) is 10.2. The van der Waals surface area contributed by atoms with Gasteiger partial charge in [0.2, 0.25) is 5.96 Å². The molecule has 0 aliphatic rings. The van der Waals surface area contributed by atoms with Gasteiger partial charge in [-0.3, -0.25) is 15.2 Å². The highest BCUT2D eigenvalue weighted by molar-refractivity contribution is 7.90. The number of hydrogen-bond acceptors (Lipinski definition) is 9.